The highest BCUT2D eigenvalue weighted by Gasteiger charge is 2.10. The zero-order chi connectivity index (χ0) is 15.0. The van der Waals surface area contributed by atoms with Crippen molar-refractivity contribution in [3.63, 3.8) is 0 Å². The number of rotatable bonds is 9. The minimum atomic E-state index is 0.260. The predicted octanol–water partition coefficient (Wildman–Crippen LogP) is 2.38. The van der Waals surface area contributed by atoms with Gasteiger partial charge >= 0.3 is 0 Å². The van der Waals surface area contributed by atoms with Crippen molar-refractivity contribution >= 4 is 11.5 Å². The summed E-state index contributed by atoms with van der Waals surface area (Å²) in [6.07, 6.45) is 2.07. The average molecular weight is 282 g/mol. The second-order valence-corrected chi connectivity index (χ2v) is 4.89. The highest BCUT2D eigenvalue weighted by atomic mass is 16.5. The molecule has 0 unspecified atom stereocenters. The van der Waals surface area contributed by atoms with E-state index in [0.717, 1.165) is 19.4 Å². The molecule has 0 spiro atoms. The van der Waals surface area contributed by atoms with E-state index in [0.29, 0.717) is 36.4 Å². The van der Waals surface area contributed by atoms with Crippen molar-refractivity contribution in [2.45, 2.75) is 46.6 Å². The summed E-state index contributed by atoms with van der Waals surface area (Å²) in [4.78, 5) is 8.52. The second-order valence-electron chi connectivity index (χ2n) is 4.89. The van der Waals surface area contributed by atoms with E-state index in [1.165, 1.54) is 0 Å². The number of aryl methyl sites for hydroxylation is 1. The number of hydrogen-bond donors (Lipinski definition) is 2. The van der Waals surface area contributed by atoms with Crippen molar-refractivity contribution in [2.75, 3.05) is 30.8 Å². The topological polar surface area (TPSA) is 82.3 Å². The third kappa shape index (κ3) is 5.61. The van der Waals surface area contributed by atoms with Gasteiger partial charge in [-0.2, -0.15) is 4.98 Å². The molecule has 114 valence electrons. The Kier molecular flexibility index (Phi) is 7.08. The van der Waals surface area contributed by atoms with Crippen LogP contribution in [-0.4, -0.2) is 35.8 Å². The van der Waals surface area contributed by atoms with Crippen LogP contribution in [0.3, 0.4) is 0 Å². The van der Waals surface area contributed by atoms with Crippen LogP contribution in [0.1, 0.15) is 39.4 Å². The Morgan fingerprint density at radius 1 is 1.25 bits per heavy atom. The van der Waals surface area contributed by atoms with Gasteiger partial charge in [-0.15, -0.1) is 0 Å². The summed E-state index contributed by atoms with van der Waals surface area (Å²) in [5, 5.41) is 3.21. The summed E-state index contributed by atoms with van der Waals surface area (Å²) in [5.41, 5.74) is 6.48. The molecule has 1 rings (SSSR count). The Bertz CT molecular complexity index is 410. The number of anilines is 2. The van der Waals surface area contributed by atoms with Crippen LogP contribution in [0.15, 0.2) is 0 Å². The van der Waals surface area contributed by atoms with Crippen molar-refractivity contribution in [3.05, 3.63) is 5.82 Å². The maximum Gasteiger partial charge on any atom is 0.242 e. The molecule has 0 atom stereocenters. The molecule has 1 aromatic rings. The van der Waals surface area contributed by atoms with E-state index < -0.39 is 0 Å². The van der Waals surface area contributed by atoms with Crippen LogP contribution in [0.5, 0.6) is 5.88 Å². The van der Waals surface area contributed by atoms with Crippen LogP contribution in [0.25, 0.3) is 0 Å². The molecule has 20 heavy (non-hydrogen) atoms. The summed E-state index contributed by atoms with van der Waals surface area (Å²) in [6, 6.07) is 0. The molecule has 1 heterocycles. The number of nitrogens with two attached hydrogens (primary N) is 1. The molecule has 0 aromatic carbocycles. The van der Waals surface area contributed by atoms with E-state index in [9.17, 15) is 0 Å². The fourth-order valence-corrected chi connectivity index (χ4v) is 1.60. The van der Waals surface area contributed by atoms with Gasteiger partial charge in [0.2, 0.25) is 5.88 Å². The Morgan fingerprint density at radius 3 is 2.65 bits per heavy atom. The van der Waals surface area contributed by atoms with Crippen LogP contribution in [0.4, 0.5) is 11.5 Å². The number of aromatic nitrogens is 2. The normalized spacial score (nSPS) is 10.8. The lowest BCUT2D eigenvalue weighted by molar-refractivity contribution is 0.0787. The Labute approximate surface area is 121 Å². The smallest absolute Gasteiger partial charge is 0.242 e. The third-order valence-electron chi connectivity index (χ3n) is 2.53. The quantitative estimate of drug-likeness (QED) is 0.677. The SMILES string of the molecule is CCCOc1nc(C)nc(NCCCOC(C)C)c1N. The maximum absolute atomic E-state index is 6.01. The number of ether oxygens (including phenoxy) is 2. The highest BCUT2D eigenvalue weighted by molar-refractivity contribution is 5.66. The van der Waals surface area contributed by atoms with Crippen LogP contribution in [-0.2, 0) is 4.74 Å². The van der Waals surface area contributed by atoms with Crippen LogP contribution in [0.2, 0.25) is 0 Å². The van der Waals surface area contributed by atoms with Gasteiger partial charge < -0.3 is 20.5 Å². The molecule has 6 heteroatoms. The van der Waals surface area contributed by atoms with Crippen molar-refractivity contribution in [1.82, 2.24) is 9.97 Å². The van der Waals surface area contributed by atoms with Gasteiger partial charge in [0.25, 0.3) is 0 Å². The molecular weight excluding hydrogens is 256 g/mol. The van der Waals surface area contributed by atoms with Crippen molar-refractivity contribution in [2.24, 2.45) is 0 Å². The van der Waals surface area contributed by atoms with Crippen molar-refractivity contribution in [3.8, 4) is 5.88 Å². The minimum Gasteiger partial charge on any atom is -0.476 e. The molecule has 0 fully saturated rings. The molecule has 0 bridgehead atoms. The number of hydrogen-bond acceptors (Lipinski definition) is 6. The lowest BCUT2D eigenvalue weighted by Crippen LogP contribution is -2.13. The molecule has 0 radical (unpaired) electrons. The molecule has 0 aliphatic carbocycles. The first kappa shape index (κ1) is 16.5. The van der Waals surface area contributed by atoms with Gasteiger partial charge in [0.05, 0.1) is 12.7 Å². The van der Waals surface area contributed by atoms with Gasteiger partial charge in [0, 0.05) is 13.2 Å². The van der Waals surface area contributed by atoms with Gasteiger partial charge in [-0.25, -0.2) is 4.98 Å². The largest absolute Gasteiger partial charge is 0.476 e. The van der Waals surface area contributed by atoms with E-state index >= 15 is 0 Å². The van der Waals surface area contributed by atoms with Crippen molar-refractivity contribution in [1.29, 1.82) is 0 Å². The molecule has 0 saturated heterocycles. The van der Waals surface area contributed by atoms with Gasteiger partial charge in [-0.3, -0.25) is 0 Å². The first-order valence-corrected chi connectivity index (χ1v) is 7.17. The minimum absolute atomic E-state index is 0.260. The zero-order valence-electron chi connectivity index (χ0n) is 12.9. The standard InChI is InChI=1S/C14H26N4O2/c1-5-8-20-14-12(15)13(17-11(4)18-14)16-7-6-9-19-10(2)3/h10H,5-9,15H2,1-4H3,(H,16,17,18). The summed E-state index contributed by atoms with van der Waals surface area (Å²) in [7, 11) is 0. The van der Waals surface area contributed by atoms with Gasteiger partial charge in [-0.1, -0.05) is 6.92 Å². The van der Waals surface area contributed by atoms with E-state index in [2.05, 4.69) is 15.3 Å². The van der Waals surface area contributed by atoms with Gasteiger partial charge in [0.1, 0.15) is 11.5 Å². The van der Waals surface area contributed by atoms with Crippen LogP contribution >= 0.6 is 0 Å². The van der Waals surface area contributed by atoms with Crippen LogP contribution < -0.4 is 15.8 Å². The summed E-state index contributed by atoms with van der Waals surface area (Å²) in [6.45, 7) is 9.98. The molecular formula is C14H26N4O2. The first-order chi connectivity index (χ1) is 9.54. The average Bonchev–Trinajstić information content (AvgIpc) is 2.39. The summed E-state index contributed by atoms with van der Waals surface area (Å²) >= 11 is 0. The highest BCUT2D eigenvalue weighted by Crippen LogP contribution is 2.25. The van der Waals surface area contributed by atoms with E-state index in [1.54, 1.807) is 0 Å². The Balaban J connectivity index is 2.54. The lowest BCUT2D eigenvalue weighted by atomic mass is 10.4. The fourth-order valence-electron chi connectivity index (χ4n) is 1.60. The lowest BCUT2D eigenvalue weighted by Gasteiger charge is -2.13. The van der Waals surface area contributed by atoms with E-state index in [1.807, 2.05) is 27.7 Å². The van der Waals surface area contributed by atoms with Crippen LogP contribution in [0, 0.1) is 6.92 Å². The first-order valence-electron chi connectivity index (χ1n) is 7.17. The van der Waals surface area contributed by atoms with Gasteiger partial charge in [0.15, 0.2) is 5.82 Å². The predicted molar refractivity (Wildman–Crippen MR) is 81.2 cm³/mol. The molecule has 0 amide bonds. The molecule has 3 N–H and O–H groups in total. The van der Waals surface area contributed by atoms with E-state index in [-0.39, 0.29) is 6.10 Å². The second kappa shape index (κ2) is 8.58. The number of nitrogens with zero attached hydrogens (tertiary/aromatic N) is 2. The molecule has 0 saturated carbocycles. The van der Waals surface area contributed by atoms with E-state index in [4.69, 9.17) is 15.2 Å². The third-order valence-corrected chi connectivity index (χ3v) is 2.53. The monoisotopic (exact) mass is 282 g/mol. The maximum atomic E-state index is 6.01. The Hall–Kier alpha value is -1.56. The van der Waals surface area contributed by atoms with Gasteiger partial charge in [-0.05, 0) is 33.6 Å². The zero-order valence-corrected chi connectivity index (χ0v) is 12.9. The van der Waals surface area contributed by atoms with Crippen molar-refractivity contribution < 1.29 is 9.47 Å². The fraction of sp³-hybridized carbons (Fsp3) is 0.714. The summed E-state index contributed by atoms with van der Waals surface area (Å²) in [5.74, 6) is 1.74. The summed E-state index contributed by atoms with van der Waals surface area (Å²) < 4.78 is 11.0. The molecule has 1 aromatic heterocycles. The molecule has 6 nitrogen and oxygen atoms in total. The number of nitrogen functional groups attached to an aromatic ring is 1. The Morgan fingerprint density at radius 2 is 2.00 bits per heavy atom. The number of nitrogens with one attached hydrogen (secondary N) is 1. The molecule has 0 aliphatic rings. The molecule has 0 aliphatic heterocycles.